The predicted molar refractivity (Wildman–Crippen MR) is 132 cm³/mol. The Labute approximate surface area is 202 Å². The van der Waals surface area contributed by atoms with Gasteiger partial charge in [0.1, 0.15) is 5.00 Å². The van der Waals surface area contributed by atoms with Crippen molar-refractivity contribution in [3.8, 4) is 0 Å². The summed E-state index contributed by atoms with van der Waals surface area (Å²) < 4.78 is 5.67. The number of hydrogen-bond donors (Lipinski definition) is 2. The molecule has 3 heterocycles. The van der Waals surface area contributed by atoms with E-state index in [4.69, 9.17) is 4.74 Å². The highest BCUT2D eigenvalue weighted by molar-refractivity contribution is 7.15. The fourth-order valence-electron chi connectivity index (χ4n) is 5.64. The predicted octanol–water partition coefficient (Wildman–Crippen LogP) is 4.95. The first kappa shape index (κ1) is 21.4. The van der Waals surface area contributed by atoms with Crippen LogP contribution in [0.3, 0.4) is 0 Å². The van der Waals surface area contributed by atoms with E-state index in [2.05, 4.69) is 28.4 Å². The molecule has 2 aromatic carbocycles. The Balaban J connectivity index is 1.19. The molecule has 7 heteroatoms. The van der Waals surface area contributed by atoms with E-state index in [0.29, 0.717) is 22.7 Å². The quantitative estimate of drug-likeness (QED) is 0.547. The van der Waals surface area contributed by atoms with E-state index in [0.717, 1.165) is 50.1 Å². The van der Waals surface area contributed by atoms with Gasteiger partial charge in [0.15, 0.2) is 0 Å². The molecule has 3 atom stereocenters. The second-order valence-electron chi connectivity index (χ2n) is 9.41. The minimum atomic E-state index is -0.993. The van der Waals surface area contributed by atoms with Crippen LogP contribution in [-0.4, -0.2) is 42.3 Å². The van der Waals surface area contributed by atoms with Gasteiger partial charge >= 0.3 is 5.97 Å². The number of morpholine rings is 1. The molecule has 3 aliphatic rings. The van der Waals surface area contributed by atoms with E-state index in [1.165, 1.54) is 22.5 Å². The number of thiophene rings is 1. The van der Waals surface area contributed by atoms with Gasteiger partial charge in [0.2, 0.25) is 0 Å². The molecule has 2 N–H and O–H groups in total. The summed E-state index contributed by atoms with van der Waals surface area (Å²) in [6, 6.07) is 16.3. The molecule has 174 valence electrons. The normalized spacial score (nSPS) is 23.1. The average Bonchev–Trinajstić information content (AvgIpc) is 3.60. The van der Waals surface area contributed by atoms with Gasteiger partial charge < -0.3 is 20.1 Å². The summed E-state index contributed by atoms with van der Waals surface area (Å²) in [6.45, 7) is 1.65. The molecular formula is C27H26N2O4S. The van der Waals surface area contributed by atoms with Crippen LogP contribution >= 0.6 is 11.3 Å². The molecule has 2 fully saturated rings. The van der Waals surface area contributed by atoms with Crippen LogP contribution in [0.4, 0.5) is 10.7 Å². The Morgan fingerprint density at radius 3 is 2.59 bits per heavy atom. The number of carboxylic acid groups (broad SMARTS) is 1. The van der Waals surface area contributed by atoms with Crippen molar-refractivity contribution in [1.29, 1.82) is 0 Å². The molecular weight excluding hydrogens is 448 g/mol. The Morgan fingerprint density at radius 2 is 1.88 bits per heavy atom. The SMILES string of the molecule is O=C(Nc1scc(C2CCc3ccccc3C2)c1C(=O)O)c1ccc(N2C[C@@H]3C[C@H]2CO3)cc1. The lowest BCUT2D eigenvalue weighted by atomic mass is 9.80. The highest BCUT2D eigenvalue weighted by Gasteiger charge is 2.39. The maximum Gasteiger partial charge on any atom is 0.339 e. The van der Waals surface area contributed by atoms with Crippen LogP contribution in [0.15, 0.2) is 53.9 Å². The number of rotatable bonds is 5. The van der Waals surface area contributed by atoms with Gasteiger partial charge in [-0.15, -0.1) is 11.3 Å². The number of ether oxygens (including phenoxy) is 1. The number of anilines is 2. The molecule has 2 aliphatic heterocycles. The number of hydrogen-bond acceptors (Lipinski definition) is 5. The van der Waals surface area contributed by atoms with Gasteiger partial charge in [-0.25, -0.2) is 4.79 Å². The Morgan fingerprint density at radius 1 is 1.09 bits per heavy atom. The summed E-state index contributed by atoms with van der Waals surface area (Å²) in [7, 11) is 0. The monoisotopic (exact) mass is 474 g/mol. The number of aromatic carboxylic acids is 1. The Hall–Kier alpha value is -3.16. The highest BCUT2D eigenvalue weighted by atomic mass is 32.1. The Bertz CT molecular complexity index is 1250. The van der Waals surface area contributed by atoms with Gasteiger partial charge in [-0.3, -0.25) is 4.79 Å². The van der Waals surface area contributed by atoms with Gasteiger partial charge in [0.05, 0.1) is 24.3 Å². The number of carbonyl (C=O) groups is 2. The number of amides is 1. The van der Waals surface area contributed by atoms with Crippen molar-refractivity contribution in [1.82, 2.24) is 0 Å². The van der Waals surface area contributed by atoms with Crippen molar-refractivity contribution >= 4 is 33.9 Å². The zero-order chi connectivity index (χ0) is 23.2. The molecule has 34 heavy (non-hydrogen) atoms. The van der Waals surface area contributed by atoms with E-state index < -0.39 is 5.97 Å². The van der Waals surface area contributed by atoms with Crippen LogP contribution in [0.1, 0.15) is 56.2 Å². The third-order valence-electron chi connectivity index (χ3n) is 7.41. The van der Waals surface area contributed by atoms with Crippen molar-refractivity contribution in [2.75, 3.05) is 23.4 Å². The first-order valence-electron chi connectivity index (χ1n) is 11.8. The molecule has 1 unspecified atom stereocenters. The average molecular weight is 475 g/mol. The standard InChI is InChI=1S/C27H26N2O4S/c30-25(17-7-9-20(10-8-17)29-13-22-12-21(29)14-33-22)28-26-24(27(31)32)23(15-34-26)19-6-5-16-3-1-2-4-18(16)11-19/h1-4,7-10,15,19,21-22H,5-6,11-14H2,(H,28,30)(H,31,32)/t19?,21-,22-/m0/s1. The van der Waals surface area contributed by atoms with Gasteiger partial charge in [-0.2, -0.15) is 0 Å². The maximum absolute atomic E-state index is 13.0. The fraction of sp³-hybridized carbons (Fsp3) is 0.333. The molecule has 2 saturated heterocycles. The largest absolute Gasteiger partial charge is 0.478 e. The second kappa shape index (κ2) is 8.56. The summed E-state index contributed by atoms with van der Waals surface area (Å²) in [6.07, 6.45) is 4.05. The number of carbonyl (C=O) groups excluding carboxylic acids is 1. The zero-order valence-electron chi connectivity index (χ0n) is 18.7. The van der Waals surface area contributed by atoms with Crippen molar-refractivity contribution in [2.24, 2.45) is 0 Å². The van der Waals surface area contributed by atoms with Crippen molar-refractivity contribution in [3.63, 3.8) is 0 Å². The summed E-state index contributed by atoms with van der Waals surface area (Å²) in [5.41, 5.74) is 5.29. The first-order valence-corrected chi connectivity index (χ1v) is 12.7. The molecule has 6 nitrogen and oxygen atoms in total. The summed E-state index contributed by atoms with van der Waals surface area (Å²) in [5.74, 6) is -1.14. The van der Waals surface area contributed by atoms with Crippen LogP contribution in [0.25, 0.3) is 0 Å². The third kappa shape index (κ3) is 3.79. The molecule has 1 aliphatic carbocycles. The van der Waals surface area contributed by atoms with Crippen molar-refractivity contribution in [3.05, 3.63) is 81.7 Å². The molecule has 1 amide bonds. The first-order chi connectivity index (χ1) is 16.6. The number of fused-ring (bicyclic) bond motifs is 3. The van der Waals surface area contributed by atoms with E-state index in [9.17, 15) is 14.7 Å². The van der Waals surface area contributed by atoms with E-state index in [1.54, 1.807) is 0 Å². The van der Waals surface area contributed by atoms with Crippen LogP contribution < -0.4 is 10.2 Å². The lowest BCUT2D eigenvalue weighted by Crippen LogP contribution is -2.36. The van der Waals surface area contributed by atoms with Crippen LogP contribution in [0.2, 0.25) is 0 Å². The van der Waals surface area contributed by atoms with Gasteiger partial charge in [-0.05, 0) is 77.9 Å². The zero-order valence-corrected chi connectivity index (χ0v) is 19.5. The van der Waals surface area contributed by atoms with E-state index in [-0.39, 0.29) is 17.4 Å². The number of benzene rings is 2. The summed E-state index contributed by atoms with van der Waals surface area (Å²) in [5, 5.41) is 15.2. The van der Waals surface area contributed by atoms with Crippen molar-refractivity contribution in [2.45, 2.75) is 43.7 Å². The molecule has 2 bridgehead atoms. The smallest absolute Gasteiger partial charge is 0.339 e. The Kier molecular flexibility index (Phi) is 5.38. The van der Waals surface area contributed by atoms with E-state index in [1.807, 2.05) is 35.7 Å². The molecule has 3 aromatic rings. The topological polar surface area (TPSA) is 78.9 Å². The maximum atomic E-state index is 13.0. The number of nitrogens with zero attached hydrogens (tertiary/aromatic N) is 1. The number of aryl methyl sites for hydroxylation is 1. The van der Waals surface area contributed by atoms with E-state index >= 15 is 0 Å². The second-order valence-corrected chi connectivity index (χ2v) is 10.3. The minimum Gasteiger partial charge on any atom is -0.478 e. The lowest BCUT2D eigenvalue weighted by molar-refractivity contribution is 0.0696. The third-order valence-corrected chi connectivity index (χ3v) is 8.32. The number of nitrogens with one attached hydrogen (secondary N) is 1. The summed E-state index contributed by atoms with van der Waals surface area (Å²) >= 11 is 1.30. The van der Waals surface area contributed by atoms with Gasteiger partial charge in [0.25, 0.3) is 5.91 Å². The molecule has 6 rings (SSSR count). The molecule has 0 spiro atoms. The van der Waals surface area contributed by atoms with Crippen LogP contribution in [-0.2, 0) is 17.6 Å². The summed E-state index contributed by atoms with van der Waals surface area (Å²) in [4.78, 5) is 27.5. The molecule has 0 saturated carbocycles. The highest BCUT2D eigenvalue weighted by Crippen LogP contribution is 2.40. The van der Waals surface area contributed by atoms with Crippen molar-refractivity contribution < 1.29 is 19.4 Å². The van der Waals surface area contributed by atoms with Gasteiger partial charge in [-0.1, -0.05) is 24.3 Å². The molecule has 1 aromatic heterocycles. The fourth-order valence-corrected chi connectivity index (χ4v) is 6.67. The lowest BCUT2D eigenvalue weighted by Gasteiger charge is -2.29. The molecule has 0 radical (unpaired) electrons. The van der Waals surface area contributed by atoms with Crippen LogP contribution in [0, 0.1) is 0 Å². The number of carboxylic acids is 1. The van der Waals surface area contributed by atoms with Gasteiger partial charge in [0, 0.05) is 17.8 Å². The minimum absolute atomic E-state index is 0.141. The van der Waals surface area contributed by atoms with Crippen LogP contribution in [0.5, 0.6) is 0 Å².